The van der Waals surface area contributed by atoms with Gasteiger partial charge in [-0.2, -0.15) is 0 Å². The number of carbonyl (C=O) groups is 1. The van der Waals surface area contributed by atoms with Crippen molar-refractivity contribution in [2.75, 3.05) is 11.1 Å². The van der Waals surface area contributed by atoms with E-state index in [0.717, 1.165) is 46.8 Å². The molecule has 0 atom stereocenters. The van der Waals surface area contributed by atoms with E-state index in [2.05, 4.69) is 5.32 Å². The van der Waals surface area contributed by atoms with E-state index in [1.54, 1.807) is 0 Å². The number of nitrogens with one attached hydrogen (secondary N) is 1. The minimum absolute atomic E-state index is 0.105. The number of amides is 1. The summed E-state index contributed by atoms with van der Waals surface area (Å²) in [6, 6.07) is 7.84. The number of hydrogen-bond acceptors (Lipinski definition) is 4. The van der Waals surface area contributed by atoms with Gasteiger partial charge in [0.2, 0.25) is 5.91 Å². The van der Waals surface area contributed by atoms with Gasteiger partial charge in [0.15, 0.2) is 5.82 Å². The maximum Gasteiger partial charge on any atom is 0.225 e. The lowest BCUT2D eigenvalue weighted by molar-refractivity contribution is -0.117. The van der Waals surface area contributed by atoms with E-state index in [-0.39, 0.29) is 5.91 Å². The third-order valence-electron chi connectivity index (χ3n) is 9.22. The van der Waals surface area contributed by atoms with Crippen LogP contribution in [0.3, 0.4) is 0 Å². The summed E-state index contributed by atoms with van der Waals surface area (Å²) < 4.78 is 0. The smallest absolute Gasteiger partial charge is 0.225 e. The molecule has 0 aliphatic heterocycles. The average molecular weight is 459 g/mol. The molecule has 5 nitrogen and oxygen atoms in total. The standard InChI is InChI=1S/C29H38N4O/c30-24-8-6-23(7-9-24)26-18-31-28(33-27(34)13-19-4-2-1-3-5-19)25(32-26)17-29-14-20-10-21(15-29)12-22(11-20)16-29/h6-9,18-22H,1-5,10-17,30H2,(H,31,33,34). The van der Waals surface area contributed by atoms with E-state index >= 15 is 0 Å². The molecule has 1 heterocycles. The van der Waals surface area contributed by atoms with Crippen molar-refractivity contribution in [2.24, 2.45) is 29.1 Å². The van der Waals surface area contributed by atoms with Gasteiger partial charge in [-0.1, -0.05) is 31.4 Å². The fraction of sp³-hybridized carbons (Fsp3) is 0.621. The number of aromatic nitrogens is 2. The molecule has 5 fully saturated rings. The molecule has 5 saturated carbocycles. The minimum atomic E-state index is 0.105. The second-order valence-electron chi connectivity index (χ2n) is 12.0. The number of nitrogen functional groups attached to an aromatic ring is 1. The van der Waals surface area contributed by atoms with E-state index < -0.39 is 0 Å². The summed E-state index contributed by atoms with van der Waals surface area (Å²) in [5.41, 5.74) is 9.86. The molecule has 1 amide bonds. The van der Waals surface area contributed by atoms with Crippen LogP contribution in [0.25, 0.3) is 11.3 Å². The molecule has 5 heteroatoms. The van der Waals surface area contributed by atoms with Crippen molar-refractivity contribution in [3.05, 3.63) is 36.2 Å². The van der Waals surface area contributed by atoms with E-state index in [4.69, 9.17) is 15.7 Å². The zero-order valence-corrected chi connectivity index (χ0v) is 20.3. The van der Waals surface area contributed by atoms with Gasteiger partial charge in [-0.25, -0.2) is 9.97 Å². The largest absolute Gasteiger partial charge is 0.399 e. The molecule has 34 heavy (non-hydrogen) atoms. The van der Waals surface area contributed by atoms with Crippen molar-refractivity contribution in [3.63, 3.8) is 0 Å². The summed E-state index contributed by atoms with van der Waals surface area (Å²) in [4.78, 5) is 22.9. The Labute approximate surface area is 203 Å². The molecule has 4 bridgehead atoms. The molecular weight excluding hydrogens is 420 g/mol. The summed E-state index contributed by atoms with van der Waals surface area (Å²) in [5.74, 6) is 3.99. The van der Waals surface area contributed by atoms with Crippen molar-refractivity contribution in [1.29, 1.82) is 0 Å². The van der Waals surface area contributed by atoms with Gasteiger partial charge in [-0.3, -0.25) is 4.79 Å². The molecular formula is C29H38N4O. The molecule has 7 rings (SSSR count). The predicted octanol–water partition coefficient (Wildman–Crippen LogP) is 6.39. The maximum atomic E-state index is 13.0. The highest BCUT2D eigenvalue weighted by Crippen LogP contribution is 2.61. The van der Waals surface area contributed by atoms with Crippen LogP contribution >= 0.6 is 0 Å². The van der Waals surface area contributed by atoms with Gasteiger partial charge in [0.25, 0.3) is 0 Å². The Bertz CT molecular complexity index is 1010. The van der Waals surface area contributed by atoms with Crippen molar-refractivity contribution in [3.8, 4) is 11.3 Å². The first-order valence-corrected chi connectivity index (χ1v) is 13.6. The molecule has 0 radical (unpaired) electrons. The number of hydrogen-bond donors (Lipinski definition) is 2. The van der Waals surface area contributed by atoms with Crippen LogP contribution in [0.4, 0.5) is 11.5 Å². The molecule has 5 aliphatic rings. The number of rotatable bonds is 6. The van der Waals surface area contributed by atoms with Gasteiger partial charge < -0.3 is 11.1 Å². The number of anilines is 2. The summed E-state index contributed by atoms with van der Waals surface area (Å²) in [5, 5.41) is 3.20. The van der Waals surface area contributed by atoms with Crippen LogP contribution in [0.2, 0.25) is 0 Å². The van der Waals surface area contributed by atoms with Crippen molar-refractivity contribution in [1.82, 2.24) is 9.97 Å². The Morgan fingerprint density at radius 1 is 0.971 bits per heavy atom. The van der Waals surface area contributed by atoms with E-state index in [0.29, 0.717) is 23.6 Å². The molecule has 1 aromatic heterocycles. The minimum Gasteiger partial charge on any atom is -0.399 e. The summed E-state index contributed by atoms with van der Waals surface area (Å²) in [6.07, 6.45) is 17.8. The first-order valence-electron chi connectivity index (χ1n) is 13.6. The van der Waals surface area contributed by atoms with Crippen LogP contribution in [-0.4, -0.2) is 15.9 Å². The SMILES string of the molecule is Nc1ccc(-c2cnc(NC(=O)CC3CCCCC3)c(CC34CC5CC(CC(C5)C3)C4)n2)cc1. The van der Waals surface area contributed by atoms with Crippen molar-refractivity contribution >= 4 is 17.4 Å². The monoisotopic (exact) mass is 458 g/mol. The number of carbonyl (C=O) groups excluding carboxylic acids is 1. The normalized spacial score (nSPS) is 30.4. The Balaban J connectivity index is 1.27. The van der Waals surface area contributed by atoms with Crippen molar-refractivity contribution in [2.45, 2.75) is 83.5 Å². The fourth-order valence-corrected chi connectivity index (χ4v) is 8.15. The topological polar surface area (TPSA) is 80.9 Å². The zero-order chi connectivity index (χ0) is 23.1. The highest BCUT2D eigenvalue weighted by Gasteiger charge is 2.51. The summed E-state index contributed by atoms with van der Waals surface area (Å²) >= 11 is 0. The van der Waals surface area contributed by atoms with Crippen LogP contribution in [0.5, 0.6) is 0 Å². The number of nitrogens with zero attached hydrogens (tertiary/aromatic N) is 2. The molecule has 0 unspecified atom stereocenters. The molecule has 180 valence electrons. The maximum absolute atomic E-state index is 13.0. The molecule has 2 aromatic rings. The first kappa shape index (κ1) is 22.1. The van der Waals surface area contributed by atoms with E-state index in [9.17, 15) is 4.79 Å². The first-order chi connectivity index (χ1) is 16.5. The third-order valence-corrected chi connectivity index (χ3v) is 9.22. The van der Waals surface area contributed by atoms with Gasteiger partial charge in [0, 0.05) is 17.7 Å². The lowest BCUT2D eigenvalue weighted by Gasteiger charge is -2.57. The van der Waals surface area contributed by atoms with Gasteiger partial charge in [-0.05, 0) is 99.0 Å². The second-order valence-corrected chi connectivity index (χ2v) is 12.0. The number of benzene rings is 1. The molecule has 1 aromatic carbocycles. The van der Waals surface area contributed by atoms with Crippen LogP contribution in [0.1, 0.15) is 82.7 Å². The Morgan fingerprint density at radius 3 is 2.26 bits per heavy atom. The third kappa shape index (κ3) is 4.58. The van der Waals surface area contributed by atoms with Crippen LogP contribution in [0.15, 0.2) is 30.5 Å². The molecule has 0 saturated heterocycles. The quantitative estimate of drug-likeness (QED) is 0.491. The van der Waals surface area contributed by atoms with E-state index in [1.807, 2.05) is 30.5 Å². The predicted molar refractivity (Wildman–Crippen MR) is 136 cm³/mol. The Kier molecular flexibility index (Phi) is 5.82. The number of nitrogens with two attached hydrogens (primary N) is 1. The average Bonchev–Trinajstić information content (AvgIpc) is 2.80. The Hall–Kier alpha value is -2.43. The zero-order valence-electron chi connectivity index (χ0n) is 20.3. The lowest BCUT2D eigenvalue weighted by atomic mass is 9.48. The van der Waals surface area contributed by atoms with Crippen LogP contribution in [-0.2, 0) is 11.2 Å². The lowest BCUT2D eigenvalue weighted by Crippen LogP contribution is -2.47. The van der Waals surface area contributed by atoms with Gasteiger partial charge in [-0.15, -0.1) is 0 Å². The van der Waals surface area contributed by atoms with Gasteiger partial charge >= 0.3 is 0 Å². The second kappa shape index (κ2) is 8.98. The summed E-state index contributed by atoms with van der Waals surface area (Å²) in [7, 11) is 0. The van der Waals surface area contributed by atoms with Crippen molar-refractivity contribution < 1.29 is 4.79 Å². The molecule has 5 aliphatic carbocycles. The van der Waals surface area contributed by atoms with Gasteiger partial charge in [0.05, 0.1) is 17.6 Å². The fourth-order valence-electron chi connectivity index (χ4n) is 8.15. The van der Waals surface area contributed by atoms with Crippen LogP contribution < -0.4 is 11.1 Å². The van der Waals surface area contributed by atoms with E-state index in [1.165, 1.54) is 70.6 Å². The highest BCUT2D eigenvalue weighted by molar-refractivity contribution is 5.90. The van der Waals surface area contributed by atoms with Gasteiger partial charge in [0.1, 0.15) is 0 Å². The molecule has 3 N–H and O–H groups in total. The van der Waals surface area contributed by atoms with Crippen LogP contribution in [0, 0.1) is 29.1 Å². The Morgan fingerprint density at radius 2 is 1.62 bits per heavy atom. The molecule has 0 spiro atoms. The highest BCUT2D eigenvalue weighted by atomic mass is 16.1. The summed E-state index contributed by atoms with van der Waals surface area (Å²) in [6.45, 7) is 0.